The second kappa shape index (κ2) is 9.94. The summed E-state index contributed by atoms with van der Waals surface area (Å²) in [6.07, 6.45) is 7.35. The van der Waals surface area contributed by atoms with E-state index in [1.807, 2.05) is 42.5 Å². The second-order valence-corrected chi connectivity index (χ2v) is 6.77. The Kier molecular flexibility index (Phi) is 7.63. The highest BCUT2D eigenvalue weighted by atomic mass is 32.1. The SMILES string of the molecule is CN(NC(=O)CC(=O)NN(C)C(=S)c1ccccc1)C(=S)C1=CC=CCC1. The number of carbonyl (C=O) groups excluding carboxylic acids is 2. The first kappa shape index (κ1) is 20.7. The number of carbonyl (C=O) groups is 2. The lowest BCUT2D eigenvalue weighted by Crippen LogP contribution is -2.47. The summed E-state index contributed by atoms with van der Waals surface area (Å²) in [4.78, 5) is 25.2. The molecule has 1 aromatic carbocycles. The molecule has 0 spiro atoms. The van der Waals surface area contributed by atoms with Gasteiger partial charge in [0.25, 0.3) is 0 Å². The van der Waals surface area contributed by atoms with Gasteiger partial charge in [-0.3, -0.25) is 30.5 Å². The molecule has 0 bridgehead atoms. The molecular formula is C19H22N4O2S2. The molecule has 0 aromatic heterocycles. The molecule has 1 aromatic rings. The summed E-state index contributed by atoms with van der Waals surface area (Å²) in [6.45, 7) is 0. The zero-order chi connectivity index (χ0) is 19.8. The Morgan fingerprint density at radius 1 is 1.00 bits per heavy atom. The Morgan fingerprint density at radius 3 is 2.15 bits per heavy atom. The van der Waals surface area contributed by atoms with Crippen LogP contribution in [0.5, 0.6) is 0 Å². The van der Waals surface area contributed by atoms with Gasteiger partial charge in [-0.05, 0) is 18.4 Å². The lowest BCUT2D eigenvalue weighted by molar-refractivity contribution is -0.132. The number of hydrogen-bond donors (Lipinski definition) is 2. The van der Waals surface area contributed by atoms with Crippen LogP contribution in [0.1, 0.15) is 24.8 Å². The fraction of sp³-hybridized carbons (Fsp3) is 0.263. The van der Waals surface area contributed by atoms with Crippen molar-refractivity contribution in [1.82, 2.24) is 20.9 Å². The van der Waals surface area contributed by atoms with E-state index in [0.717, 1.165) is 24.0 Å². The van der Waals surface area contributed by atoms with Crippen molar-refractivity contribution in [2.45, 2.75) is 19.3 Å². The Hall–Kier alpha value is -2.58. The Bertz CT molecular complexity index is 790. The summed E-state index contributed by atoms with van der Waals surface area (Å²) in [7, 11) is 3.30. The molecule has 27 heavy (non-hydrogen) atoms. The van der Waals surface area contributed by atoms with E-state index in [4.69, 9.17) is 24.4 Å². The molecule has 1 aliphatic rings. The van der Waals surface area contributed by atoms with Crippen molar-refractivity contribution in [3.8, 4) is 0 Å². The quantitative estimate of drug-likeness (QED) is 0.458. The fourth-order valence-electron chi connectivity index (χ4n) is 2.47. The molecule has 0 saturated carbocycles. The largest absolute Gasteiger partial charge is 0.278 e. The molecule has 0 atom stereocenters. The van der Waals surface area contributed by atoms with E-state index in [-0.39, 0.29) is 6.42 Å². The van der Waals surface area contributed by atoms with Crippen LogP contribution in [0, 0.1) is 0 Å². The van der Waals surface area contributed by atoms with E-state index in [1.54, 1.807) is 14.1 Å². The van der Waals surface area contributed by atoms with Crippen molar-refractivity contribution >= 4 is 46.2 Å². The third-order valence-corrected chi connectivity index (χ3v) is 4.87. The Balaban J connectivity index is 1.81. The molecule has 1 aliphatic carbocycles. The van der Waals surface area contributed by atoms with Crippen LogP contribution in [0.4, 0.5) is 0 Å². The number of thiocarbonyl (C=S) groups is 2. The van der Waals surface area contributed by atoms with Gasteiger partial charge in [0, 0.05) is 19.7 Å². The van der Waals surface area contributed by atoms with Crippen molar-refractivity contribution < 1.29 is 9.59 Å². The van der Waals surface area contributed by atoms with Crippen LogP contribution in [0.25, 0.3) is 0 Å². The van der Waals surface area contributed by atoms with Crippen LogP contribution in [0.2, 0.25) is 0 Å². The number of benzene rings is 1. The van der Waals surface area contributed by atoms with E-state index in [1.165, 1.54) is 10.0 Å². The van der Waals surface area contributed by atoms with Crippen molar-refractivity contribution in [2.75, 3.05) is 14.1 Å². The van der Waals surface area contributed by atoms with Gasteiger partial charge >= 0.3 is 0 Å². The first-order valence-electron chi connectivity index (χ1n) is 8.44. The molecule has 2 N–H and O–H groups in total. The summed E-state index contributed by atoms with van der Waals surface area (Å²) in [5, 5.41) is 2.89. The van der Waals surface area contributed by atoms with E-state index >= 15 is 0 Å². The van der Waals surface area contributed by atoms with Crippen LogP contribution >= 0.6 is 24.4 Å². The molecule has 0 saturated heterocycles. The summed E-state index contributed by atoms with van der Waals surface area (Å²) >= 11 is 10.7. The molecule has 8 heteroatoms. The Labute approximate surface area is 169 Å². The van der Waals surface area contributed by atoms with Gasteiger partial charge in [0.15, 0.2) is 0 Å². The van der Waals surface area contributed by atoms with E-state index in [2.05, 4.69) is 16.9 Å². The molecule has 0 unspecified atom stereocenters. The van der Waals surface area contributed by atoms with E-state index < -0.39 is 11.8 Å². The number of hydrazine groups is 2. The fourth-order valence-corrected chi connectivity index (χ4v) is 2.87. The summed E-state index contributed by atoms with van der Waals surface area (Å²) in [6, 6.07) is 9.31. The standard InChI is InChI=1S/C19H22N4O2S2/c1-22(18(26)14-9-5-3-6-10-14)20-16(24)13-17(25)21-23(2)19(27)15-11-7-4-8-12-15/h3-7,9-11H,8,12-13H2,1-2H3,(H,20,24)(H,21,25). The molecule has 2 amide bonds. The van der Waals surface area contributed by atoms with Crippen LogP contribution in [0.15, 0.2) is 54.1 Å². The highest BCUT2D eigenvalue weighted by molar-refractivity contribution is 7.80. The highest BCUT2D eigenvalue weighted by Gasteiger charge is 2.17. The van der Waals surface area contributed by atoms with E-state index in [0.29, 0.717) is 9.98 Å². The number of nitrogens with one attached hydrogen (secondary N) is 2. The van der Waals surface area contributed by atoms with Gasteiger partial charge in [-0.15, -0.1) is 0 Å². The number of hydrogen-bond acceptors (Lipinski definition) is 4. The van der Waals surface area contributed by atoms with Gasteiger partial charge in [-0.1, -0.05) is 73.0 Å². The van der Waals surface area contributed by atoms with Crippen LogP contribution in [-0.4, -0.2) is 45.9 Å². The van der Waals surface area contributed by atoms with Gasteiger partial charge in [-0.2, -0.15) is 0 Å². The summed E-state index contributed by atoms with van der Waals surface area (Å²) < 4.78 is 0. The second-order valence-electron chi connectivity index (χ2n) is 6.00. The first-order valence-corrected chi connectivity index (χ1v) is 9.26. The number of likely N-dealkylation sites (N-methyl/N-ethyl adjacent to an activating group) is 1. The summed E-state index contributed by atoms with van der Waals surface area (Å²) in [5.74, 6) is -0.921. The zero-order valence-electron chi connectivity index (χ0n) is 15.3. The van der Waals surface area contributed by atoms with Gasteiger partial charge < -0.3 is 0 Å². The number of nitrogens with zero attached hydrogens (tertiary/aromatic N) is 2. The highest BCUT2D eigenvalue weighted by Crippen LogP contribution is 2.14. The lowest BCUT2D eigenvalue weighted by Gasteiger charge is -2.24. The predicted octanol–water partition coefficient (Wildman–Crippen LogP) is 2.28. The van der Waals surface area contributed by atoms with Gasteiger partial charge in [0.2, 0.25) is 11.8 Å². The third-order valence-electron chi connectivity index (χ3n) is 3.82. The summed E-state index contributed by atoms with van der Waals surface area (Å²) in [5.41, 5.74) is 7.00. The van der Waals surface area contributed by atoms with E-state index in [9.17, 15) is 9.59 Å². The monoisotopic (exact) mass is 402 g/mol. The maximum absolute atomic E-state index is 12.1. The molecular weight excluding hydrogens is 380 g/mol. The number of rotatable bonds is 4. The van der Waals surface area contributed by atoms with Crippen molar-refractivity contribution in [2.24, 2.45) is 0 Å². The zero-order valence-corrected chi connectivity index (χ0v) is 16.9. The molecule has 0 aliphatic heterocycles. The van der Waals surface area contributed by atoms with Crippen LogP contribution in [-0.2, 0) is 9.59 Å². The number of allylic oxidation sites excluding steroid dienone is 3. The van der Waals surface area contributed by atoms with Crippen molar-refractivity contribution in [3.63, 3.8) is 0 Å². The molecule has 0 radical (unpaired) electrons. The molecule has 142 valence electrons. The minimum absolute atomic E-state index is 0.340. The van der Waals surface area contributed by atoms with Gasteiger partial charge in [0.1, 0.15) is 16.4 Å². The van der Waals surface area contributed by atoms with Crippen molar-refractivity contribution in [1.29, 1.82) is 0 Å². The van der Waals surface area contributed by atoms with Crippen molar-refractivity contribution in [3.05, 3.63) is 59.7 Å². The Morgan fingerprint density at radius 2 is 1.59 bits per heavy atom. The molecule has 6 nitrogen and oxygen atoms in total. The molecule has 2 rings (SSSR count). The minimum Gasteiger partial charge on any atom is -0.278 e. The third kappa shape index (κ3) is 6.26. The maximum atomic E-state index is 12.1. The van der Waals surface area contributed by atoms with Gasteiger partial charge in [-0.25, -0.2) is 0 Å². The van der Waals surface area contributed by atoms with Crippen LogP contribution < -0.4 is 10.9 Å². The topological polar surface area (TPSA) is 64.7 Å². The average Bonchev–Trinajstić information content (AvgIpc) is 2.67. The van der Waals surface area contributed by atoms with Gasteiger partial charge in [0.05, 0.1) is 0 Å². The maximum Gasteiger partial charge on any atom is 0.248 e. The normalized spacial score (nSPS) is 12.6. The number of amides is 2. The lowest BCUT2D eigenvalue weighted by atomic mass is 10.1. The first-order chi connectivity index (χ1) is 12.9. The predicted molar refractivity (Wildman–Crippen MR) is 114 cm³/mol. The molecule has 0 heterocycles. The van der Waals surface area contributed by atoms with Crippen LogP contribution in [0.3, 0.4) is 0 Å². The minimum atomic E-state index is -0.465. The molecule has 0 fully saturated rings. The smallest absolute Gasteiger partial charge is 0.248 e. The average molecular weight is 403 g/mol.